The summed E-state index contributed by atoms with van der Waals surface area (Å²) >= 11 is 0. The lowest BCUT2D eigenvalue weighted by molar-refractivity contribution is -0.167. The Balaban J connectivity index is 4.41. The smallest absolute Gasteiger partial charge is 0.306 e. The molecule has 82 heavy (non-hydrogen) atoms. The van der Waals surface area contributed by atoms with Gasteiger partial charge in [0, 0.05) is 19.3 Å². The van der Waals surface area contributed by atoms with Crippen LogP contribution in [0.15, 0.2) is 170 Å². The third kappa shape index (κ3) is 65.6. The van der Waals surface area contributed by atoms with E-state index in [4.69, 9.17) is 14.2 Å². The van der Waals surface area contributed by atoms with Crippen LogP contribution in [0.1, 0.15) is 271 Å². The zero-order valence-electron chi connectivity index (χ0n) is 52.7. The highest BCUT2D eigenvalue weighted by molar-refractivity contribution is 5.71. The first-order valence-corrected chi connectivity index (χ1v) is 33.1. The van der Waals surface area contributed by atoms with E-state index in [1.807, 2.05) is 0 Å². The monoisotopic (exact) mass is 1130 g/mol. The second-order valence-corrected chi connectivity index (χ2v) is 21.3. The molecule has 0 aliphatic heterocycles. The van der Waals surface area contributed by atoms with Gasteiger partial charge < -0.3 is 14.2 Å². The fraction of sp³-hybridized carbons (Fsp3) is 0.592. The zero-order chi connectivity index (χ0) is 59.2. The van der Waals surface area contributed by atoms with Crippen molar-refractivity contribution in [2.75, 3.05) is 13.2 Å². The van der Waals surface area contributed by atoms with E-state index in [0.717, 1.165) is 148 Å². The van der Waals surface area contributed by atoms with Gasteiger partial charge in [0.2, 0.25) is 0 Å². The molecular weight excluding hydrogens is 1010 g/mol. The molecule has 0 spiro atoms. The van der Waals surface area contributed by atoms with Crippen LogP contribution in [0, 0.1) is 0 Å². The van der Waals surface area contributed by atoms with E-state index in [9.17, 15) is 14.4 Å². The fourth-order valence-electron chi connectivity index (χ4n) is 8.55. The maximum absolute atomic E-state index is 12.9. The number of unbranched alkanes of at least 4 members (excludes halogenated alkanes) is 19. The Morgan fingerprint density at radius 3 is 0.793 bits per heavy atom. The van der Waals surface area contributed by atoms with Crippen molar-refractivity contribution in [3.05, 3.63) is 170 Å². The molecule has 1 atom stereocenters. The van der Waals surface area contributed by atoms with Crippen LogP contribution in [0.2, 0.25) is 0 Å². The lowest BCUT2D eigenvalue weighted by atomic mass is 10.1. The number of hydrogen-bond donors (Lipinski definition) is 0. The predicted molar refractivity (Wildman–Crippen MR) is 357 cm³/mol. The van der Waals surface area contributed by atoms with Gasteiger partial charge in [0.1, 0.15) is 13.2 Å². The Morgan fingerprint density at radius 1 is 0.256 bits per heavy atom. The molecule has 0 radical (unpaired) electrons. The number of allylic oxidation sites excluding steroid dienone is 28. The Hall–Kier alpha value is -5.23. The van der Waals surface area contributed by atoms with Crippen LogP contribution in [0.3, 0.4) is 0 Å². The first-order valence-electron chi connectivity index (χ1n) is 33.1. The van der Waals surface area contributed by atoms with E-state index in [0.29, 0.717) is 19.3 Å². The average molecular weight is 1130 g/mol. The normalized spacial score (nSPS) is 13.3. The molecule has 0 saturated carbocycles. The summed E-state index contributed by atoms with van der Waals surface area (Å²) in [5.74, 6) is -0.990. The van der Waals surface area contributed by atoms with Gasteiger partial charge in [-0.3, -0.25) is 14.4 Å². The minimum Gasteiger partial charge on any atom is -0.462 e. The molecule has 1 unspecified atom stereocenters. The fourth-order valence-corrected chi connectivity index (χ4v) is 8.55. The van der Waals surface area contributed by atoms with Crippen molar-refractivity contribution < 1.29 is 28.6 Å². The van der Waals surface area contributed by atoms with E-state index in [2.05, 4.69) is 191 Å². The third-order valence-electron chi connectivity index (χ3n) is 13.4. The zero-order valence-corrected chi connectivity index (χ0v) is 52.7. The highest BCUT2D eigenvalue weighted by Crippen LogP contribution is 2.14. The highest BCUT2D eigenvalue weighted by Gasteiger charge is 2.19. The molecule has 460 valence electrons. The summed E-state index contributed by atoms with van der Waals surface area (Å²) in [5, 5.41) is 0. The highest BCUT2D eigenvalue weighted by atomic mass is 16.6. The van der Waals surface area contributed by atoms with Crippen molar-refractivity contribution in [2.24, 2.45) is 0 Å². The van der Waals surface area contributed by atoms with Crippen LogP contribution in [0.5, 0.6) is 0 Å². The van der Waals surface area contributed by atoms with Crippen LogP contribution in [0.4, 0.5) is 0 Å². The lowest BCUT2D eigenvalue weighted by Crippen LogP contribution is -2.30. The minimum absolute atomic E-state index is 0.113. The molecule has 0 aliphatic rings. The summed E-state index contributed by atoms with van der Waals surface area (Å²) in [6, 6.07) is 0. The summed E-state index contributed by atoms with van der Waals surface area (Å²) in [7, 11) is 0. The Bertz CT molecular complexity index is 1870. The van der Waals surface area contributed by atoms with E-state index in [1.54, 1.807) is 0 Å². The van der Waals surface area contributed by atoms with E-state index >= 15 is 0 Å². The predicted octanol–water partition coefficient (Wildman–Crippen LogP) is 23.0. The first-order chi connectivity index (χ1) is 40.5. The SMILES string of the molecule is CC/C=C\C/C=C\C/C=C\C/C=C\C/C=C\C/C=C\C/C=C\CCCC(=O)OC(COC(=O)CCCCCCC/C=C\CCCCC)COC(=O)CCCCCCCCCCCC/C=C\C/C=C\C/C=C\C/C=C\C/C=C\C/C=C\CC. The summed E-state index contributed by atoms with van der Waals surface area (Å²) < 4.78 is 16.9. The Morgan fingerprint density at radius 2 is 0.488 bits per heavy atom. The van der Waals surface area contributed by atoms with Gasteiger partial charge >= 0.3 is 17.9 Å². The van der Waals surface area contributed by atoms with Gasteiger partial charge in [-0.15, -0.1) is 0 Å². The van der Waals surface area contributed by atoms with Crippen molar-refractivity contribution in [3.63, 3.8) is 0 Å². The molecule has 0 bridgehead atoms. The largest absolute Gasteiger partial charge is 0.462 e. The number of carbonyl (C=O) groups is 3. The van der Waals surface area contributed by atoms with Crippen molar-refractivity contribution >= 4 is 17.9 Å². The van der Waals surface area contributed by atoms with Crippen LogP contribution >= 0.6 is 0 Å². The Labute approximate surface area is 504 Å². The molecule has 0 saturated heterocycles. The van der Waals surface area contributed by atoms with Crippen molar-refractivity contribution in [1.82, 2.24) is 0 Å². The second kappa shape index (κ2) is 68.3. The summed E-state index contributed by atoms with van der Waals surface area (Å²) in [6.45, 7) is 6.33. The van der Waals surface area contributed by atoms with Crippen molar-refractivity contribution in [1.29, 1.82) is 0 Å². The topological polar surface area (TPSA) is 78.9 Å². The third-order valence-corrected chi connectivity index (χ3v) is 13.4. The summed E-state index contributed by atoms with van der Waals surface area (Å²) in [6.07, 6.45) is 101. The molecule has 6 nitrogen and oxygen atoms in total. The molecular formula is C76H120O6. The van der Waals surface area contributed by atoms with E-state index in [1.165, 1.54) is 77.0 Å². The van der Waals surface area contributed by atoms with Crippen molar-refractivity contribution in [2.45, 2.75) is 277 Å². The van der Waals surface area contributed by atoms with Gasteiger partial charge in [-0.1, -0.05) is 274 Å². The van der Waals surface area contributed by atoms with Gasteiger partial charge in [0.25, 0.3) is 0 Å². The quantitative estimate of drug-likeness (QED) is 0.0261. The molecule has 0 aromatic rings. The number of esters is 3. The second-order valence-electron chi connectivity index (χ2n) is 21.3. The molecule has 6 heteroatoms. The standard InChI is InChI=1S/C76H120O6/c1-4-7-10-13-16-19-22-25-27-29-31-33-35-36-37-38-39-40-42-43-45-47-49-51-54-57-60-63-66-69-75(78)81-72-73(71-80-74(77)68-65-62-59-56-53-24-21-18-15-12-9-6-3)82-76(79)70-67-64-61-58-55-52-50-48-46-44-41-34-32-30-28-26-23-20-17-14-11-8-5-2/h7-8,10-11,16-21,25-28,31-34,36-37,39-40,44,46,50,52,58,61,73H,4-6,9,12-15,22-24,29-30,35,38,41-43,45,47-49,51,53-57,59-60,62-72H2,1-3H3/b10-7-,11-8-,19-16-,20-17-,21-18-,27-25-,28-26-,33-31-,34-32-,37-36-,40-39-,46-44-,52-50-,61-58-. The van der Waals surface area contributed by atoms with Crippen molar-refractivity contribution in [3.8, 4) is 0 Å². The molecule has 0 aliphatic carbocycles. The summed E-state index contributed by atoms with van der Waals surface area (Å²) in [4.78, 5) is 38.3. The average Bonchev–Trinajstić information content (AvgIpc) is 3.47. The molecule has 0 N–H and O–H groups in total. The number of ether oxygens (including phenoxy) is 3. The van der Waals surface area contributed by atoms with E-state index < -0.39 is 6.10 Å². The van der Waals surface area contributed by atoms with Gasteiger partial charge in [-0.05, 0) is 148 Å². The number of rotatable bonds is 58. The summed E-state index contributed by atoms with van der Waals surface area (Å²) in [5.41, 5.74) is 0. The molecule has 0 rings (SSSR count). The van der Waals surface area contributed by atoms with Gasteiger partial charge in [-0.25, -0.2) is 0 Å². The number of carbonyl (C=O) groups excluding carboxylic acids is 3. The molecule has 0 amide bonds. The Kier molecular flexibility index (Phi) is 63.9. The van der Waals surface area contributed by atoms with Crippen LogP contribution in [-0.2, 0) is 28.6 Å². The molecule has 0 heterocycles. The molecule has 0 fully saturated rings. The maximum atomic E-state index is 12.9. The molecule has 0 aromatic heterocycles. The van der Waals surface area contributed by atoms with Crippen LogP contribution in [-0.4, -0.2) is 37.2 Å². The van der Waals surface area contributed by atoms with Gasteiger partial charge in [-0.2, -0.15) is 0 Å². The van der Waals surface area contributed by atoms with Gasteiger partial charge in [0.15, 0.2) is 6.10 Å². The lowest BCUT2D eigenvalue weighted by Gasteiger charge is -2.18. The number of hydrogen-bond acceptors (Lipinski definition) is 6. The molecule has 0 aromatic carbocycles. The van der Waals surface area contributed by atoms with Crippen LogP contribution in [0.25, 0.3) is 0 Å². The van der Waals surface area contributed by atoms with Crippen LogP contribution < -0.4 is 0 Å². The van der Waals surface area contributed by atoms with E-state index in [-0.39, 0.29) is 37.5 Å². The first kappa shape index (κ1) is 76.8. The minimum atomic E-state index is -0.823. The van der Waals surface area contributed by atoms with Gasteiger partial charge in [0.05, 0.1) is 0 Å². The maximum Gasteiger partial charge on any atom is 0.306 e.